The van der Waals surface area contributed by atoms with Crippen molar-refractivity contribution in [1.82, 2.24) is 9.80 Å². The summed E-state index contributed by atoms with van der Waals surface area (Å²) in [6.07, 6.45) is 0. The molecule has 6 nitrogen and oxygen atoms in total. The van der Waals surface area contributed by atoms with Crippen LogP contribution in [0.2, 0.25) is 0 Å². The fourth-order valence-corrected chi connectivity index (χ4v) is 5.19. The lowest BCUT2D eigenvalue weighted by Crippen LogP contribution is -2.42. The highest BCUT2D eigenvalue weighted by Crippen LogP contribution is 2.43. The molecule has 1 N–H and O–H groups in total. The van der Waals surface area contributed by atoms with Crippen LogP contribution in [0.5, 0.6) is 5.75 Å². The van der Waals surface area contributed by atoms with Crippen LogP contribution < -0.4 is 10.1 Å². The van der Waals surface area contributed by atoms with Crippen molar-refractivity contribution in [1.29, 1.82) is 0 Å². The third-order valence-electron chi connectivity index (χ3n) is 5.94. The summed E-state index contributed by atoms with van der Waals surface area (Å²) in [5, 5.41) is 2.78. The van der Waals surface area contributed by atoms with Crippen LogP contribution in [-0.2, 0) is 10.2 Å². The molecule has 2 aromatic rings. The minimum atomic E-state index is -0.208. The summed E-state index contributed by atoms with van der Waals surface area (Å²) in [7, 11) is 1.58. The van der Waals surface area contributed by atoms with Gasteiger partial charge >= 0.3 is 6.03 Å². The second-order valence-corrected chi connectivity index (χ2v) is 10.7. The largest absolute Gasteiger partial charge is 0.495 e. The predicted molar refractivity (Wildman–Crippen MR) is 136 cm³/mol. The molecule has 3 rings (SSSR count). The van der Waals surface area contributed by atoms with E-state index in [1.54, 1.807) is 23.8 Å². The van der Waals surface area contributed by atoms with E-state index >= 15 is 0 Å². The molecule has 1 aliphatic heterocycles. The number of thioether (sulfide) groups is 1. The Morgan fingerprint density at radius 2 is 1.82 bits per heavy atom. The zero-order valence-electron chi connectivity index (χ0n) is 20.4. The number of carbonyl (C=O) groups is 2. The van der Waals surface area contributed by atoms with Gasteiger partial charge in [0.15, 0.2) is 0 Å². The molecule has 0 aromatic heterocycles. The van der Waals surface area contributed by atoms with Crippen LogP contribution in [0.4, 0.5) is 10.5 Å². The number of anilines is 1. The highest BCUT2D eigenvalue weighted by atomic mass is 32.2. The van der Waals surface area contributed by atoms with Gasteiger partial charge in [-0.1, -0.05) is 57.2 Å². The number of amides is 3. The lowest BCUT2D eigenvalue weighted by molar-refractivity contribution is -0.129. The predicted octanol–water partition coefficient (Wildman–Crippen LogP) is 5.51. The van der Waals surface area contributed by atoms with Crippen molar-refractivity contribution < 1.29 is 14.3 Å². The molecule has 0 spiro atoms. The Bertz CT molecular complexity index is 971. The van der Waals surface area contributed by atoms with E-state index < -0.39 is 0 Å². The zero-order valence-corrected chi connectivity index (χ0v) is 21.2. The summed E-state index contributed by atoms with van der Waals surface area (Å²) >= 11 is 1.66. The zero-order chi connectivity index (χ0) is 24.2. The van der Waals surface area contributed by atoms with Crippen molar-refractivity contribution in [2.75, 3.05) is 32.1 Å². The van der Waals surface area contributed by atoms with Crippen molar-refractivity contribution >= 4 is 29.4 Å². The van der Waals surface area contributed by atoms with E-state index in [2.05, 4.69) is 50.4 Å². The normalized spacial score (nSPS) is 18.4. The lowest BCUT2D eigenvalue weighted by Gasteiger charge is -2.29. The van der Waals surface area contributed by atoms with Gasteiger partial charge in [-0.05, 0) is 42.5 Å². The van der Waals surface area contributed by atoms with Gasteiger partial charge in [-0.2, -0.15) is 0 Å². The van der Waals surface area contributed by atoms with E-state index in [0.717, 1.165) is 5.56 Å². The van der Waals surface area contributed by atoms with Crippen LogP contribution in [0, 0.1) is 0 Å². The van der Waals surface area contributed by atoms with E-state index in [-0.39, 0.29) is 28.0 Å². The molecule has 2 atom stereocenters. The van der Waals surface area contributed by atoms with E-state index in [1.165, 1.54) is 5.56 Å². The van der Waals surface area contributed by atoms with Gasteiger partial charge in [-0.3, -0.25) is 4.79 Å². The number of rotatable bonds is 7. The first-order valence-electron chi connectivity index (χ1n) is 11.4. The fraction of sp³-hybridized carbons (Fsp3) is 0.462. The van der Waals surface area contributed by atoms with E-state index in [1.807, 2.05) is 43.0 Å². The van der Waals surface area contributed by atoms with Crippen LogP contribution in [0.25, 0.3) is 0 Å². The molecule has 1 aliphatic rings. The first-order valence-corrected chi connectivity index (χ1v) is 12.3. The van der Waals surface area contributed by atoms with E-state index in [4.69, 9.17) is 4.74 Å². The molecule has 7 heteroatoms. The molecular weight excluding hydrogens is 434 g/mol. The van der Waals surface area contributed by atoms with Crippen molar-refractivity contribution in [3.8, 4) is 5.75 Å². The molecule has 1 fully saturated rings. The van der Waals surface area contributed by atoms with E-state index in [0.29, 0.717) is 31.1 Å². The van der Waals surface area contributed by atoms with Crippen molar-refractivity contribution in [3.63, 3.8) is 0 Å². The third kappa shape index (κ3) is 5.82. The number of carbonyl (C=O) groups excluding carboxylic acids is 2. The minimum absolute atomic E-state index is 0.0440. The number of urea groups is 1. The molecule has 2 unspecified atom stereocenters. The Balaban J connectivity index is 1.70. The Hall–Kier alpha value is -2.67. The number of nitrogens with one attached hydrogen (secondary N) is 1. The van der Waals surface area contributed by atoms with Crippen molar-refractivity contribution in [3.05, 3.63) is 59.7 Å². The third-order valence-corrected chi connectivity index (χ3v) is 7.33. The fourth-order valence-electron chi connectivity index (χ4n) is 3.88. The van der Waals surface area contributed by atoms with Gasteiger partial charge in [-0.15, -0.1) is 11.8 Å². The van der Waals surface area contributed by atoms with Gasteiger partial charge in [0.05, 0.1) is 18.0 Å². The molecule has 2 aromatic carbocycles. The number of para-hydroxylation sites is 2. The molecule has 33 heavy (non-hydrogen) atoms. The van der Waals surface area contributed by atoms with Crippen molar-refractivity contribution in [2.45, 2.75) is 50.7 Å². The summed E-state index contributed by atoms with van der Waals surface area (Å²) < 4.78 is 5.33. The summed E-state index contributed by atoms with van der Waals surface area (Å²) in [4.78, 5) is 29.4. The monoisotopic (exact) mass is 469 g/mol. The van der Waals surface area contributed by atoms with Crippen LogP contribution >= 0.6 is 11.8 Å². The topological polar surface area (TPSA) is 61.9 Å². The Morgan fingerprint density at radius 3 is 2.42 bits per heavy atom. The molecular formula is C26H35N3O3S. The maximum Gasteiger partial charge on any atom is 0.322 e. The molecule has 1 heterocycles. The maximum absolute atomic E-state index is 12.9. The average molecular weight is 470 g/mol. The molecule has 0 bridgehead atoms. The summed E-state index contributed by atoms with van der Waals surface area (Å²) in [6, 6.07) is 15.7. The van der Waals surface area contributed by atoms with Gasteiger partial charge in [0, 0.05) is 19.6 Å². The smallest absolute Gasteiger partial charge is 0.322 e. The van der Waals surface area contributed by atoms with Gasteiger partial charge in [0.1, 0.15) is 11.1 Å². The highest BCUT2D eigenvalue weighted by molar-refractivity contribution is 8.01. The van der Waals surface area contributed by atoms with Crippen LogP contribution in [0.1, 0.15) is 51.1 Å². The maximum atomic E-state index is 12.9. The SMILES string of the molecule is CCN(CCN1C(=O)C(C)SC1c1ccc(C(C)(C)C)cc1)C(=O)Nc1ccccc1OC. The molecule has 3 amide bonds. The van der Waals surface area contributed by atoms with Gasteiger partial charge in [0.2, 0.25) is 5.91 Å². The number of hydrogen-bond donors (Lipinski definition) is 1. The quantitative estimate of drug-likeness (QED) is 0.581. The first kappa shape index (κ1) is 25.0. The van der Waals surface area contributed by atoms with Crippen molar-refractivity contribution in [2.24, 2.45) is 0 Å². The standard InChI is InChI=1S/C26H35N3O3S/c1-7-28(25(31)27-21-10-8-9-11-22(21)32-6)16-17-29-23(30)18(2)33-24(29)19-12-14-20(15-13-19)26(3,4)5/h8-15,18,24H,7,16-17H2,1-6H3,(H,27,31). The molecule has 1 saturated heterocycles. The molecule has 0 aliphatic carbocycles. The number of likely N-dealkylation sites (N-methyl/N-ethyl adjacent to an activating group) is 1. The average Bonchev–Trinajstić information content (AvgIpc) is 3.08. The Labute approximate surface area is 201 Å². The summed E-state index contributed by atoms with van der Waals surface area (Å²) in [5.74, 6) is 0.728. The van der Waals surface area contributed by atoms with Gasteiger partial charge in [0.25, 0.3) is 0 Å². The van der Waals surface area contributed by atoms with Gasteiger partial charge < -0.3 is 19.9 Å². The summed E-state index contributed by atoms with van der Waals surface area (Å²) in [5.41, 5.74) is 3.10. The van der Waals surface area contributed by atoms with E-state index in [9.17, 15) is 9.59 Å². The van der Waals surface area contributed by atoms with Crippen LogP contribution in [0.3, 0.4) is 0 Å². The van der Waals surface area contributed by atoms with Crippen LogP contribution in [0.15, 0.2) is 48.5 Å². The number of ether oxygens (including phenoxy) is 1. The second-order valence-electron chi connectivity index (χ2n) is 9.24. The Morgan fingerprint density at radius 1 is 1.15 bits per heavy atom. The number of methoxy groups -OCH3 is 1. The minimum Gasteiger partial charge on any atom is -0.495 e. The number of nitrogens with zero attached hydrogens (tertiary/aromatic N) is 2. The van der Waals surface area contributed by atoms with Gasteiger partial charge in [-0.25, -0.2) is 4.79 Å². The molecule has 0 radical (unpaired) electrons. The van der Waals surface area contributed by atoms with Crippen LogP contribution in [-0.4, -0.2) is 53.7 Å². The first-order chi connectivity index (χ1) is 15.7. The molecule has 178 valence electrons. The summed E-state index contributed by atoms with van der Waals surface area (Å²) in [6.45, 7) is 11.9. The number of hydrogen-bond acceptors (Lipinski definition) is 4. The lowest BCUT2D eigenvalue weighted by atomic mass is 9.86. The number of benzene rings is 2. The molecule has 0 saturated carbocycles. The Kier molecular flexibility index (Phi) is 7.95. The highest BCUT2D eigenvalue weighted by Gasteiger charge is 2.38. The second kappa shape index (κ2) is 10.5.